The molecule has 0 unspecified atom stereocenters. The van der Waals surface area contributed by atoms with Crippen LogP contribution in [0.15, 0.2) is 146 Å². The lowest BCUT2D eigenvalue weighted by atomic mass is 9.92. The third-order valence-electron chi connectivity index (χ3n) is 8.81. The Bertz CT molecular complexity index is 2110. The van der Waals surface area contributed by atoms with Gasteiger partial charge in [0.2, 0.25) is 0 Å². The molecule has 0 N–H and O–H groups in total. The third kappa shape index (κ3) is 5.67. The normalized spacial score (nSPS) is 12.8. The SMILES string of the molecule is Ic1ccc([C+]2c3ccc([n-]3)[C+](c3ccncc3)c3ccc([n-]3)[C+](c3ccc(I)cc3)c3ccc([n-]3)[C+](c3ccncc3)c3ccc2[n-]3)cc1. The molecule has 1 aliphatic rings. The molecule has 0 radical (unpaired) electrons. The number of aromatic nitrogens is 6. The molecule has 6 aromatic heterocycles. The molecule has 236 valence electrons. The molecule has 0 fully saturated rings. The van der Waals surface area contributed by atoms with Gasteiger partial charge in [-0.05, 0) is 115 Å². The van der Waals surface area contributed by atoms with Crippen LogP contribution < -0.4 is 19.9 Å². The van der Waals surface area contributed by atoms with E-state index in [1.165, 1.54) is 0 Å². The van der Waals surface area contributed by atoms with E-state index in [9.17, 15) is 0 Å². The van der Waals surface area contributed by atoms with Crippen LogP contribution in [-0.2, 0) is 0 Å². The summed E-state index contributed by atoms with van der Waals surface area (Å²) < 4.78 is 2.32. The van der Waals surface area contributed by atoms with Gasteiger partial charge in [-0.25, -0.2) is 9.97 Å². The monoisotopic (exact) mass is 866 g/mol. The Morgan fingerprint density at radius 3 is 0.760 bits per heavy atom. The first-order valence-corrected chi connectivity index (χ1v) is 18.1. The van der Waals surface area contributed by atoms with Gasteiger partial charge in [-0.15, -0.1) is 0 Å². The average Bonchev–Trinajstić information content (AvgIpc) is 3.98. The number of rotatable bonds is 4. The number of halogens is 2. The maximum Gasteiger partial charge on any atom is 0.0799 e. The molecular weight excluding hydrogens is 842 g/mol. The minimum Gasteiger partial charge on any atom is -0.628 e. The zero-order valence-corrected chi connectivity index (χ0v) is 30.6. The van der Waals surface area contributed by atoms with Gasteiger partial charge in [0, 0.05) is 128 Å². The minimum atomic E-state index is 0.825. The fourth-order valence-corrected chi connectivity index (χ4v) is 7.26. The number of nitrogens with zero attached hydrogens (tertiary/aromatic N) is 6. The quantitative estimate of drug-likeness (QED) is 0.132. The summed E-state index contributed by atoms with van der Waals surface area (Å²) in [4.78, 5) is 29.8. The molecule has 7 heterocycles. The highest BCUT2D eigenvalue weighted by atomic mass is 127. The summed E-state index contributed by atoms with van der Waals surface area (Å²) in [6.07, 6.45) is 7.23. The lowest BCUT2D eigenvalue weighted by molar-refractivity contribution is 0.982. The molecular formula is C42H24I2N6. The Hall–Kier alpha value is -5.20. The molecule has 8 bridgehead atoms. The summed E-state index contributed by atoms with van der Waals surface area (Å²) in [5.41, 5.74) is 10.7. The second-order valence-electron chi connectivity index (χ2n) is 11.8. The van der Waals surface area contributed by atoms with E-state index < -0.39 is 0 Å². The lowest BCUT2D eigenvalue weighted by Crippen LogP contribution is -2.14. The summed E-state index contributed by atoms with van der Waals surface area (Å²) in [6, 6.07) is 41.7. The van der Waals surface area contributed by atoms with Gasteiger partial charge in [0.25, 0.3) is 0 Å². The molecule has 50 heavy (non-hydrogen) atoms. The van der Waals surface area contributed by atoms with Crippen LogP contribution in [0.2, 0.25) is 0 Å². The maximum atomic E-state index is 5.31. The van der Waals surface area contributed by atoms with Crippen molar-refractivity contribution in [1.82, 2.24) is 29.9 Å². The zero-order valence-electron chi connectivity index (χ0n) is 26.3. The topological polar surface area (TPSA) is 82.2 Å². The maximum absolute atomic E-state index is 5.31. The van der Waals surface area contributed by atoms with Crippen molar-refractivity contribution in [2.75, 3.05) is 0 Å². The number of benzene rings is 2. The standard InChI is InChI=1S/C42H24I2N6/c43-29-5-1-25(2-6-29)39-31-9-13-35(47-31)41(27-17-21-45-22-18-27)37-15-11-33(49-37)40(26-3-7-30(44)8-4-26)34-12-16-38(50-34)42(28-19-23-46-24-20-28)36-14-10-32(39)48-36/h1-24H. The van der Waals surface area contributed by atoms with Gasteiger partial charge in [0.05, 0.1) is 47.0 Å². The van der Waals surface area contributed by atoms with Crippen molar-refractivity contribution in [2.45, 2.75) is 0 Å². The second-order valence-corrected chi connectivity index (χ2v) is 14.3. The van der Waals surface area contributed by atoms with E-state index in [-0.39, 0.29) is 0 Å². The van der Waals surface area contributed by atoms with Crippen LogP contribution in [0, 0.1) is 30.8 Å². The highest BCUT2D eigenvalue weighted by Gasteiger charge is 2.27. The van der Waals surface area contributed by atoms with Crippen molar-refractivity contribution in [3.63, 3.8) is 0 Å². The molecule has 2 aromatic carbocycles. The van der Waals surface area contributed by atoms with Gasteiger partial charge in [-0.1, -0.05) is 0 Å². The van der Waals surface area contributed by atoms with Gasteiger partial charge < -0.3 is 19.9 Å². The van der Waals surface area contributed by atoms with E-state index in [0.717, 1.165) is 98.6 Å². The molecule has 0 saturated carbocycles. The Labute approximate surface area is 317 Å². The van der Waals surface area contributed by atoms with E-state index in [2.05, 4.69) is 152 Å². The van der Waals surface area contributed by atoms with Crippen molar-refractivity contribution in [3.8, 4) is 0 Å². The summed E-state index contributed by atoms with van der Waals surface area (Å²) >= 11 is 4.68. The Morgan fingerprint density at radius 2 is 0.520 bits per heavy atom. The van der Waals surface area contributed by atoms with Gasteiger partial charge in [-0.2, -0.15) is 0 Å². The smallest absolute Gasteiger partial charge is 0.0799 e. The Kier molecular flexibility index (Phi) is 7.97. The summed E-state index contributed by atoms with van der Waals surface area (Å²) in [5.74, 6) is 3.77. The van der Waals surface area contributed by atoms with Crippen LogP contribution in [0.5, 0.6) is 0 Å². The van der Waals surface area contributed by atoms with E-state index >= 15 is 0 Å². The summed E-state index contributed by atoms with van der Waals surface area (Å²) in [5, 5.41) is 0. The summed E-state index contributed by atoms with van der Waals surface area (Å²) in [6.45, 7) is 0. The second kappa shape index (κ2) is 12.9. The molecule has 8 heteroatoms. The van der Waals surface area contributed by atoms with E-state index in [1.807, 2.05) is 49.1 Å². The van der Waals surface area contributed by atoms with Crippen molar-refractivity contribution < 1.29 is 0 Å². The van der Waals surface area contributed by atoms with Crippen molar-refractivity contribution in [1.29, 1.82) is 0 Å². The Balaban J connectivity index is 1.29. The molecule has 0 amide bonds. The van der Waals surface area contributed by atoms with Crippen molar-refractivity contribution >= 4 is 45.2 Å². The number of pyridine rings is 2. The molecule has 6 nitrogen and oxygen atoms in total. The van der Waals surface area contributed by atoms with Crippen LogP contribution in [0.1, 0.15) is 67.8 Å². The number of hydrogen-bond donors (Lipinski definition) is 0. The fourth-order valence-electron chi connectivity index (χ4n) is 6.54. The average molecular weight is 867 g/mol. The van der Waals surface area contributed by atoms with Crippen LogP contribution in [0.4, 0.5) is 0 Å². The number of hydrogen-bond acceptors (Lipinski definition) is 2. The molecule has 0 atom stereocenters. The molecule has 1 aliphatic heterocycles. The lowest BCUT2D eigenvalue weighted by Gasteiger charge is -2.26. The van der Waals surface area contributed by atoms with Crippen LogP contribution in [0.25, 0.3) is 0 Å². The first-order valence-electron chi connectivity index (χ1n) is 16.0. The third-order valence-corrected chi connectivity index (χ3v) is 10.3. The number of fused-ring (bicyclic) bond motifs is 8. The Morgan fingerprint density at radius 1 is 0.300 bits per heavy atom. The first kappa shape index (κ1) is 30.8. The molecule has 9 rings (SSSR count). The van der Waals surface area contributed by atoms with E-state index in [1.54, 1.807) is 0 Å². The van der Waals surface area contributed by atoms with Gasteiger partial charge in [0.15, 0.2) is 0 Å². The predicted molar refractivity (Wildman–Crippen MR) is 208 cm³/mol. The van der Waals surface area contributed by atoms with Gasteiger partial charge in [0.1, 0.15) is 0 Å². The first-order chi connectivity index (χ1) is 24.6. The van der Waals surface area contributed by atoms with Crippen molar-refractivity contribution in [2.24, 2.45) is 0 Å². The van der Waals surface area contributed by atoms with Crippen LogP contribution in [0.3, 0.4) is 0 Å². The predicted octanol–water partition coefficient (Wildman–Crippen LogP) is 7.90. The largest absolute Gasteiger partial charge is 0.628 e. The summed E-state index contributed by atoms with van der Waals surface area (Å²) in [7, 11) is 0. The molecule has 0 spiro atoms. The van der Waals surface area contributed by atoms with Crippen LogP contribution >= 0.6 is 45.2 Å². The molecule has 8 aromatic rings. The zero-order chi connectivity index (χ0) is 33.6. The van der Waals surface area contributed by atoms with E-state index in [0.29, 0.717) is 0 Å². The fraction of sp³-hybridized carbons (Fsp3) is 0. The highest BCUT2D eigenvalue weighted by Crippen LogP contribution is 2.39. The minimum absolute atomic E-state index is 0.825. The highest BCUT2D eigenvalue weighted by molar-refractivity contribution is 14.1. The van der Waals surface area contributed by atoms with Crippen LogP contribution in [-0.4, -0.2) is 9.97 Å². The molecule has 0 aliphatic carbocycles. The van der Waals surface area contributed by atoms with Gasteiger partial charge >= 0.3 is 0 Å². The van der Waals surface area contributed by atoms with Crippen molar-refractivity contribution in [3.05, 3.63) is 245 Å². The van der Waals surface area contributed by atoms with Gasteiger partial charge in [-0.3, -0.25) is 0 Å². The molecule has 0 saturated heterocycles. The van der Waals surface area contributed by atoms with E-state index in [4.69, 9.17) is 19.9 Å².